The van der Waals surface area contributed by atoms with Crippen LogP contribution in [0.5, 0.6) is 0 Å². The fourth-order valence-electron chi connectivity index (χ4n) is 5.48. The molecule has 1 heterocycles. The largest absolute Gasteiger partial charge is 0.478 e. The zero-order valence-corrected chi connectivity index (χ0v) is 24.9. The highest BCUT2D eigenvalue weighted by Gasteiger charge is 2.23. The maximum Gasteiger partial charge on any atom is 0.336 e. The Hall–Kier alpha value is -4.43. The number of rotatable bonds is 11. The monoisotopic (exact) mass is 581 g/mol. The Labute approximate surface area is 247 Å². The quantitative estimate of drug-likeness (QED) is 0.180. The van der Waals surface area contributed by atoms with Gasteiger partial charge in [-0.3, -0.25) is 8.87 Å². The lowest BCUT2D eigenvalue weighted by Crippen LogP contribution is -2.31. The Morgan fingerprint density at radius 1 is 0.929 bits per heavy atom. The van der Waals surface area contributed by atoms with Crippen LogP contribution in [0.25, 0.3) is 27.8 Å². The van der Waals surface area contributed by atoms with Crippen LogP contribution in [0.4, 0.5) is 5.69 Å². The Bertz CT molecular complexity index is 1830. The third-order valence-corrected chi connectivity index (χ3v) is 8.77. The number of carbonyl (C=O) groups is 1. The average molecular weight is 582 g/mol. The summed E-state index contributed by atoms with van der Waals surface area (Å²) in [6, 6.07) is 28.6. The van der Waals surface area contributed by atoms with Gasteiger partial charge in [-0.2, -0.15) is 0 Å². The van der Waals surface area contributed by atoms with Crippen molar-refractivity contribution >= 4 is 32.7 Å². The highest BCUT2D eigenvalue weighted by atomic mass is 32.2. The van der Waals surface area contributed by atoms with E-state index >= 15 is 0 Å². The third kappa shape index (κ3) is 5.94. The molecule has 216 valence electrons. The van der Waals surface area contributed by atoms with Gasteiger partial charge in [0.15, 0.2) is 0 Å². The summed E-state index contributed by atoms with van der Waals surface area (Å²) in [5.74, 6) is -0.191. The smallest absolute Gasteiger partial charge is 0.336 e. The van der Waals surface area contributed by atoms with E-state index in [1.54, 1.807) is 6.07 Å². The highest BCUT2D eigenvalue weighted by Crippen LogP contribution is 2.34. The summed E-state index contributed by atoms with van der Waals surface area (Å²) in [5.41, 5.74) is 6.10. The van der Waals surface area contributed by atoms with Crippen molar-refractivity contribution in [1.82, 2.24) is 9.55 Å². The number of sulfonamides is 1. The van der Waals surface area contributed by atoms with Gasteiger partial charge in [0.2, 0.25) is 10.0 Å². The topological polar surface area (TPSA) is 92.5 Å². The maximum atomic E-state index is 13.0. The van der Waals surface area contributed by atoms with Gasteiger partial charge >= 0.3 is 5.97 Å². The molecule has 0 spiro atoms. The molecule has 5 rings (SSSR count). The van der Waals surface area contributed by atoms with Crippen molar-refractivity contribution in [3.63, 3.8) is 0 Å². The summed E-state index contributed by atoms with van der Waals surface area (Å²) in [4.78, 5) is 17.5. The predicted octanol–water partition coefficient (Wildman–Crippen LogP) is 7.05. The molecule has 5 aromatic rings. The molecule has 0 radical (unpaired) electrons. The second-order valence-corrected chi connectivity index (χ2v) is 12.4. The number of anilines is 1. The van der Waals surface area contributed by atoms with Gasteiger partial charge in [-0.25, -0.2) is 18.2 Å². The summed E-state index contributed by atoms with van der Waals surface area (Å²) in [5, 5.41) is 10.3. The molecule has 7 nitrogen and oxygen atoms in total. The molecule has 0 aliphatic heterocycles. The van der Waals surface area contributed by atoms with Crippen LogP contribution in [0.1, 0.15) is 47.1 Å². The number of hydrogen-bond donors (Lipinski definition) is 1. The molecule has 4 aromatic carbocycles. The number of nitrogens with zero attached hydrogens (tertiary/aromatic N) is 3. The summed E-state index contributed by atoms with van der Waals surface area (Å²) in [7, 11) is -3.58. The van der Waals surface area contributed by atoms with E-state index in [0.717, 1.165) is 40.8 Å². The van der Waals surface area contributed by atoms with Crippen LogP contribution < -0.4 is 4.31 Å². The van der Waals surface area contributed by atoms with Crippen molar-refractivity contribution in [2.75, 3.05) is 17.1 Å². The van der Waals surface area contributed by atoms with Crippen LogP contribution in [0.3, 0.4) is 0 Å². The molecule has 0 amide bonds. The molecular weight excluding hydrogens is 546 g/mol. The zero-order valence-electron chi connectivity index (χ0n) is 24.1. The van der Waals surface area contributed by atoms with Crippen LogP contribution in [0, 0.1) is 6.92 Å². The van der Waals surface area contributed by atoms with Gasteiger partial charge in [-0.1, -0.05) is 80.1 Å². The third-order valence-electron chi connectivity index (χ3n) is 7.57. The minimum atomic E-state index is -3.58. The zero-order chi connectivity index (χ0) is 29.9. The Kier molecular flexibility index (Phi) is 8.45. The van der Waals surface area contributed by atoms with Crippen molar-refractivity contribution in [3.05, 3.63) is 114 Å². The Balaban J connectivity index is 1.67. The standard InChI is InChI=1S/C34H35N3O4S/c1-4-5-16-32-35-29-19-17-27(36(42(3,40)41)22-21-25-12-8-6-9-13-25)23-31(29)37(32)30-20-18-28(26-14-10-7-11-15-26)33(24(30)2)34(38)39/h6-15,17-20,23H,4-5,16,21-22H2,1-3H3,(H,38,39). The molecule has 1 aromatic heterocycles. The lowest BCUT2D eigenvalue weighted by Gasteiger charge is -2.23. The number of aromatic carboxylic acids is 1. The number of benzene rings is 4. The van der Waals surface area contributed by atoms with Gasteiger partial charge < -0.3 is 5.11 Å². The molecule has 0 saturated heterocycles. The van der Waals surface area contributed by atoms with Crippen molar-refractivity contribution in [3.8, 4) is 16.8 Å². The SMILES string of the molecule is CCCCc1nc2ccc(N(CCc3ccccc3)S(C)(=O)=O)cc2n1-c1ccc(-c2ccccc2)c(C(=O)O)c1C. The second-order valence-electron chi connectivity index (χ2n) is 10.5. The number of hydrogen-bond acceptors (Lipinski definition) is 4. The van der Waals surface area contributed by atoms with E-state index in [1.165, 1.54) is 10.6 Å². The predicted molar refractivity (Wildman–Crippen MR) is 169 cm³/mol. The molecule has 8 heteroatoms. The number of unbranched alkanes of at least 4 members (excludes halogenated alkanes) is 1. The highest BCUT2D eigenvalue weighted by molar-refractivity contribution is 7.92. The first kappa shape index (κ1) is 29.1. The van der Waals surface area contributed by atoms with E-state index in [0.29, 0.717) is 41.9 Å². The molecule has 42 heavy (non-hydrogen) atoms. The van der Waals surface area contributed by atoms with Crippen LogP contribution in [0.15, 0.2) is 91.0 Å². The van der Waals surface area contributed by atoms with Crippen LogP contribution >= 0.6 is 0 Å². The summed E-state index contributed by atoms with van der Waals surface area (Å²) >= 11 is 0. The minimum Gasteiger partial charge on any atom is -0.478 e. The van der Waals surface area contributed by atoms with Crippen molar-refractivity contribution < 1.29 is 18.3 Å². The van der Waals surface area contributed by atoms with Crippen LogP contribution in [0.2, 0.25) is 0 Å². The number of carboxylic acid groups (broad SMARTS) is 1. The van der Waals surface area contributed by atoms with Crippen LogP contribution in [-0.4, -0.2) is 41.8 Å². The van der Waals surface area contributed by atoms with Gasteiger partial charge in [-0.05, 0) is 66.3 Å². The number of aryl methyl sites for hydroxylation is 1. The van der Waals surface area contributed by atoms with Gasteiger partial charge in [0.05, 0.1) is 34.2 Å². The van der Waals surface area contributed by atoms with Crippen molar-refractivity contribution in [2.24, 2.45) is 0 Å². The minimum absolute atomic E-state index is 0.235. The number of aromatic nitrogens is 2. The first-order valence-electron chi connectivity index (χ1n) is 14.1. The second kappa shape index (κ2) is 12.2. The molecule has 0 unspecified atom stereocenters. The summed E-state index contributed by atoms with van der Waals surface area (Å²) < 4.78 is 29.4. The van der Waals surface area contributed by atoms with E-state index < -0.39 is 16.0 Å². The Morgan fingerprint density at radius 3 is 2.26 bits per heavy atom. The fraction of sp³-hybridized carbons (Fsp3) is 0.235. The van der Waals surface area contributed by atoms with Crippen molar-refractivity contribution in [1.29, 1.82) is 0 Å². The number of imidazole rings is 1. The Morgan fingerprint density at radius 2 is 1.62 bits per heavy atom. The fourth-order valence-corrected chi connectivity index (χ4v) is 6.40. The number of carboxylic acids is 1. The molecular formula is C34H35N3O4S. The molecule has 0 bridgehead atoms. The van der Waals surface area contributed by atoms with E-state index in [4.69, 9.17) is 4.98 Å². The van der Waals surface area contributed by atoms with Crippen molar-refractivity contribution in [2.45, 2.75) is 39.5 Å². The van der Waals surface area contributed by atoms with E-state index in [1.807, 2.05) is 96.4 Å². The van der Waals surface area contributed by atoms with Gasteiger partial charge in [-0.15, -0.1) is 0 Å². The summed E-state index contributed by atoms with van der Waals surface area (Å²) in [6.07, 6.45) is 4.37. The first-order valence-corrected chi connectivity index (χ1v) is 16.0. The van der Waals surface area contributed by atoms with Gasteiger partial charge in [0.1, 0.15) is 5.82 Å². The van der Waals surface area contributed by atoms with Crippen LogP contribution in [-0.2, 0) is 22.9 Å². The summed E-state index contributed by atoms with van der Waals surface area (Å²) in [6.45, 7) is 4.23. The molecule has 0 atom stereocenters. The van der Waals surface area contributed by atoms with Gasteiger partial charge in [0.25, 0.3) is 0 Å². The molecule has 0 aliphatic rings. The lowest BCUT2D eigenvalue weighted by molar-refractivity contribution is 0.0697. The average Bonchev–Trinajstić information content (AvgIpc) is 3.33. The van der Waals surface area contributed by atoms with E-state index in [2.05, 4.69) is 6.92 Å². The lowest BCUT2D eigenvalue weighted by atomic mass is 9.94. The molecule has 1 N–H and O–H groups in total. The first-order chi connectivity index (χ1) is 20.2. The van der Waals surface area contributed by atoms with E-state index in [-0.39, 0.29) is 5.56 Å². The normalized spacial score (nSPS) is 11.6. The van der Waals surface area contributed by atoms with E-state index in [9.17, 15) is 18.3 Å². The molecule has 0 fully saturated rings. The van der Waals surface area contributed by atoms with Gasteiger partial charge in [0, 0.05) is 13.0 Å². The maximum absolute atomic E-state index is 13.0. The molecule has 0 saturated carbocycles. The number of fused-ring (bicyclic) bond motifs is 1. The molecule has 0 aliphatic carbocycles.